The number of hydrogen-bond donors (Lipinski definition) is 0. The van der Waals surface area contributed by atoms with Crippen LogP contribution >= 0.6 is 23.2 Å². The van der Waals surface area contributed by atoms with E-state index >= 15 is 0 Å². The first-order valence-corrected chi connectivity index (χ1v) is 4.01. The van der Waals surface area contributed by atoms with E-state index in [4.69, 9.17) is 27.6 Å². The first-order chi connectivity index (χ1) is 3.50. The summed E-state index contributed by atoms with van der Waals surface area (Å²) in [6.07, 6.45) is 0. The first-order valence-electron chi connectivity index (χ1n) is 2.43. The highest BCUT2D eigenvalue weighted by Crippen LogP contribution is 2.29. The summed E-state index contributed by atoms with van der Waals surface area (Å²) >= 11 is 11.3. The van der Waals surface area contributed by atoms with Crippen LogP contribution in [0.4, 0.5) is 0 Å². The van der Waals surface area contributed by atoms with Crippen molar-refractivity contribution >= 4 is 33.7 Å². The van der Waals surface area contributed by atoms with Crippen molar-refractivity contribution in [3.63, 3.8) is 0 Å². The highest BCUT2D eigenvalue weighted by Gasteiger charge is 2.26. The van der Waals surface area contributed by atoms with Gasteiger partial charge in [-0.15, -0.1) is 0 Å². The summed E-state index contributed by atoms with van der Waals surface area (Å²) in [4.78, 5) is 0. The third-order valence-corrected chi connectivity index (χ3v) is 3.29. The number of halogens is 2. The van der Waals surface area contributed by atoms with Gasteiger partial charge in [-0.2, -0.15) is 0 Å². The van der Waals surface area contributed by atoms with E-state index in [1.165, 1.54) is 0 Å². The summed E-state index contributed by atoms with van der Waals surface area (Å²) in [5.74, 6) is 0.156. The third-order valence-electron chi connectivity index (χ3n) is 0.944. The Kier molecular flexibility index (Phi) is 3.35. The molecule has 0 atom stereocenters. The Morgan fingerprint density at radius 1 is 1.50 bits per heavy atom. The van der Waals surface area contributed by atoms with E-state index in [1.54, 1.807) is 0 Å². The molecule has 0 radical (unpaired) electrons. The Hall–Kier alpha value is 0.757. The van der Waals surface area contributed by atoms with Gasteiger partial charge >= 0.3 is 0 Å². The lowest BCUT2D eigenvalue weighted by molar-refractivity contribution is 0.207. The fourth-order valence-electron chi connectivity index (χ4n) is 0.236. The molecule has 0 saturated heterocycles. The van der Waals surface area contributed by atoms with Crippen LogP contribution in [0, 0.1) is 5.92 Å². The van der Waals surface area contributed by atoms with Crippen molar-refractivity contribution in [2.24, 2.45) is 5.92 Å². The highest BCUT2D eigenvalue weighted by atomic mass is 35.5. The largest absolute Gasteiger partial charge is 0.398 e. The molecular formula is C4H10Cl2OSi. The van der Waals surface area contributed by atoms with Gasteiger partial charge in [0.15, 0.2) is 0 Å². The molecule has 8 heavy (non-hydrogen) atoms. The molecule has 0 heterocycles. The van der Waals surface area contributed by atoms with E-state index in [0.29, 0.717) is 10.5 Å². The maximum absolute atomic E-state index is 5.63. The number of rotatable bonds is 2. The molecule has 50 valence electrons. The molecule has 4 heteroatoms. The fraction of sp³-hybridized carbons (Fsp3) is 1.00. The topological polar surface area (TPSA) is 9.23 Å². The molecule has 0 aliphatic heterocycles. The fourth-order valence-corrected chi connectivity index (χ4v) is 0.707. The van der Waals surface area contributed by atoms with Gasteiger partial charge in [0.1, 0.15) is 10.5 Å². The number of hydrogen-bond acceptors (Lipinski definition) is 1. The van der Waals surface area contributed by atoms with Crippen molar-refractivity contribution < 1.29 is 4.43 Å². The Bertz CT molecular complexity index is 74.4. The molecule has 0 aliphatic rings. The van der Waals surface area contributed by atoms with E-state index in [1.807, 2.05) is 13.8 Å². The zero-order chi connectivity index (χ0) is 6.78. The van der Waals surface area contributed by atoms with Gasteiger partial charge < -0.3 is 4.43 Å². The van der Waals surface area contributed by atoms with Crippen LogP contribution in [0.3, 0.4) is 0 Å². The molecule has 0 aromatic rings. The van der Waals surface area contributed by atoms with E-state index < -0.39 is 4.52 Å². The van der Waals surface area contributed by atoms with E-state index in [2.05, 4.69) is 0 Å². The minimum atomic E-state index is -0.952. The number of alkyl halides is 2. The van der Waals surface area contributed by atoms with Crippen LogP contribution in [0.5, 0.6) is 0 Å². The van der Waals surface area contributed by atoms with Crippen molar-refractivity contribution in [2.75, 3.05) is 0 Å². The predicted molar refractivity (Wildman–Crippen MR) is 40.3 cm³/mol. The van der Waals surface area contributed by atoms with Crippen molar-refractivity contribution in [3.8, 4) is 0 Å². The minimum absolute atomic E-state index is 0.156. The summed E-state index contributed by atoms with van der Waals surface area (Å²) in [6, 6.07) is 0. The zero-order valence-electron chi connectivity index (χ0n) is 5.24. The molecule has 0 aliphatic carbocycles. The van der Waals surface area contributed by atoms with Gasteiger partial charge in [0.25, 0.3) is 0 Å². The molecule has 0 spiro atoms. The van der Waals surface area contributed by atoms with Crippen LogP contribution in [0.25, 0.3) is 0 Å². The predicted octanol–water partition coefficient (Wildman–Crippen LogP) is 1.07. The second kappa shape index (κ2) is 3.06. The van der Waals surface area contributed by atoms with Crippen molar-refractivity contribution in [1.82, 2.24) is 0 Å². The van der Waals surface area contributed by atoms with Crippen LogP contribution < -0.4 is 0 Å². The average molecular weight is 173 g/mol. The lowest BCUT2D eigenvalue weighted by Gasteiger charge is -2.21. The van der Waals surface area contributed by atoms with Gasteiger partial charge in [0.05, 0.1) is 0 Å². The van der Waals surface area contributed by atoms with Crippen molar-refractivity contribution in [2.45, 2.75) is 18.4 Å². The van der Waals surface area contributed by atoms with Crippen LogP contribution in [-0.2, 0) is 4.43 Å². The molecule has 0 saturated carbocycles. The quantitative estimate of drug-likeness (QED) is 0.448. The second-order valence-electron chi connectivity index (χ2n) is 1.92. The summed E-state index contributed by atoms with van der Waals surface area (Å²) in [6.45, 7) is 3.83. The van der Waals surface area contributed by atoms with Crippen LogP contribution in [-0.4, -0.2) is 15.0 Å². The standard InChI is InChI=1S/C4H10Cl2OSi/c1-3(2)4(5,6)7-8/h3H,1-2,8H3. The van der Waals surface area contributed by atoms with E-state index in [0.717, 1.165) is 0 Å². The highest BCUT2D eigenvalue weighted by molar-refractivity contribution is 6.48. The molecule has 0 aromatic heterocycles. The summed E-state index contributed by atoms with van der Waals surface area (Å²) in [7, 11) is 0.581. The average Bonchev–Trinajstić information content (AvgIpc) is 1.67. The lowest BCUT2D eigenvalue weighted by atomic mass is 10.2. The van der Waals surface area contributed by atoms with Gasteiger partial charge in [-0.1, -0.05) is 37.0 Å². The normalized spacial score (nSPS) is 13.1. The van der Waals surface area contributed by atoms with E-state index in [-0.39, 0.29) is 5.92 Å². The summed E-state index contributed by atoms with van der Waals surface area (Å²) in [5, 5.41) is 0. The van der Waals surface area contributed by atoms with Gasteiger partial charge in [0.2, 0.25) is 4.52 Å². The Balaban J connectivity index is 3.71. The van der Waals surface area contributed by atoms with Crippen molar-refractivity contribution in [3.05, 3.63) is 0 Å². The third kappa shape index (κ3) is 2.35. The smallest absolute Gasteiger partial charge is 0.209 e. The molecule has 0 amide bonds. The molecule has 0 fully saturated rings. The SMILES string of the molecule is CC(C)C(Cl)(Cl)O[SiH3]. The molecule has 0 rings (SSSR count). The minimum Gasteiger partial charge on any atom is -0.398 e. The molecule has 0 aromatic carbocycles. The molecule has 1 nitrogen and oxygen atoms in total. The van der Waals surface area contributed by atoms with E-state index in [9.17, 15) is 0 Å². The van der Waals surface area contributed by atoms with Gasteiger partial charge in [0, 0.05) is 5.92 Å². The molecule has 0 bridgehead atoms. The first kappa shape index (κ1) is 8.76. The Morgan fingerprint density at radius 2 is 1.88 bits per heavy atom. The monoisotopic (exact) mass is 172 g/mol. The molecule has 0 unspecified atom stereocenters. The maximum Gasteiger partial charge on any atom is 0.209 e. The van der Waals surface area contributed by atoms with Crippen LogP contribution in [0.2, 0.25) is 0 Å². The van der Waals surface area contributed by atoms with Gasteiger partial charge in [-0.05, 0) is 0 Å². The molecular weight excluding hydrogens is 163 g/mol. The van der Waals surface area contributed by atoms with Crippen LogP contribution in [0.15, 0.2) is 0 Å². The van der Waals surface area contributed by atoms with Crippen LogP contribution in [0.1, 0.15) is 13.8 Å². The van der Waals surface area contributed by atoms with Gasteiger partial charge in [-0.25, -0.2) is 0 Å². The molecule has 0 N–H and O–H groups in total. The Labute approximate surface area is 62.8 Å². The van der Waals surface area contributed by atoms with Gasteiger partial charge in [-0.3, -0.25) is 0 Å². The second-order valence-corrected chi connectivity index (χ2v) is 3.65. The zero-order valence-corrected chi connectivity index (χ0v) is 8.75. The maximum atomic E-state index is 5.63. The lowest BCUT2D eigenvalue weighted by Crippen LogP contribution is -2.23. The summed E-state index contributed by atoms with van der Waals surface area (Å²) in [5.41, 5.74) is 0. The Morgan fingerprint density at radius 3 is 1.88 bits per heavy atom. The van der Waals surface area contributed by atoms with Crippen molar-refractivity contribution in [1.29, 1.82) is 0 Å². The summed E-state index contributed by atoms with van der Waals surface area (Å²) < 4.78 is 3.92.